The van der Waals surface area contributed by atoms with Gasteiger partial charge >= 0.3 is 0 Å². The molecule has 27 heavy (non-hydrogen) atoms. The summed E-state index contributed by atoms with van der Waals surface area (Å²) < 4.78 is 2.55. The van der Waals surface area contributed by atoms with Crippen molar-refractivity contribution in [2.75, 3.05) is 20.1 Å². The molecule has 4 nitrogen and oxygen atoms in total. The van der Waals surface area contributed by atoms with Crippen LogP contribution in [0.3, 0.4) is 0 Å². The third kappa shape index (κ3) is 14.8. The van der Waals surface area contributed by atoms with Crippen molar-refractivity contribution in [1.29, 1.82) is 0 Å². The lowest BCUT2D eigenvalue weighted by Crippen LogP contribution is -2.31. The third-order valence-corrected chi connectivity index (χ3v) is 5.11. The lowest BCUT2D eigenvalue weighted by Gasteiger charge is -2.25. The molecule has 2 atom stereocenters. The fourth-order valence-corrected chi connectivity index (χ4v) is 3.99. The average molecular weight is 398 g/mol. The Morgan fingerprint density at radius 1 is 1.26 bits per heavy atom. The maximum Gasteiger partial charge on any atom is 0.124 e. The van der Waals surface area contributed by atoms with Gasteiger partial charge < -0.3 is 15.7 Å². The zero-order chi connectivity index (χ0) is 20.9. The summed E-state index contributed by atoms with van der Waals surface area (Å²) in [6, 6.07) is 0. The molecule has 0 aromatic carbocycles. The minimum absolute atomic E-state index is 0.248. The Kier molecular flexibility index (Phi) is 13.7. The number of unbranched alkanes of at least 4 members (excludes halogenated alkanes) is 1. The van der Waals surface area contributed by atoms with E-state index >= 15 is 0 Å². The van der Waals surface area contributed by atoms with E-state index < -0.39 is 6.23 Å². The van der Waals surface area contributed by atoms with Gasteiger partial charge in [-0.2, -0.15) is 0 Å². The summed E-state index contributed by atoms with van der Waals surface area (Å²) in [4.78, 5) is 0. The zero-order valence-electron chi connectivity index (χ0n) is 18.6. The summed E-state index contributed by atoms with van der Waals surface area (Å²) in [6.45, 7) is 18.8. The molecule has 0 amide bonds. The van der Waals surface area contributed by atoms with Crippen LogP contribution in [-0.4, -0.2) is 40.5 Å². The van der Waals surface area contributed by atoms with Crippen LogP contribution in [0, 0.1) is 5.92 Å². The van der Waals surface area contributed by atoms with Gasteiger partial charge in [-0.25, -0.2) is 0 Å². The van der Waals surface area contributed by atoms with Gasteiger partial charge in [0.25, 0.3) is 0 Å². The number of hydrogen-bond acceptors (Lipinski definition) is 5. The molecule has 0 bridgehead atoms. The molecule has 0 aliphatic rings. The standard InChI is InChI=1S/C22H43N3OS/c1-9-11-15-23-19(4)17-18(3)20(10-2)24-21(26)14-12-13-16-25(8)27-22(5,6)7/h9-11,18,21,23-24,26H,4,12-17H2,1-3,5-8H3/b11-9-,20-10+/t18-,21?/m0/s1. The fraction of sp³-hybridized carbons (Fsp3) is 0.727. The second-order valence-corrected chi connectivity index (χ2v) is 10.1. The van der Waals surface area contributed by atoms with Crippen molar-refractivity contribution in [1.82, 2.24) is 14.9 Å². The molecule has 5 heteroatoms. The number of nitrogens with one attached hydrogen (secondary N) is 2. The van der Waals surface area contributed by atoms with E-state index in [2.05, 4.69) is 68.4 Å². The Balaban J connectivity index is 4.14. The van der Waals surface area contributed by atoms with Crippen LogP contribution in [0.25, 0.3) is 0 Å². The number of nitrogens with zero attached hydrogens (tertiary/aromatic N) is 1. The largest absolute Gasteiger partial charge is 0.385 e. The molecule has 158 valence electrons. The van der Waals surface area contributed by atoms with Gasteiger partial charge in [0.05, 0.1) is 0 Å². The van der Waals surface area contributed by atoms with Gasteiger partial charge in [0.1, 0.15) is 6.23 Å². The minimum atomic E-state index is -0.497. The van der Waals surface area contributed by atoms with E-state index in [1.807, 2.05) is 31.9 Å². The quantitative estimate of drug-likeness (QED) is 0.166. The number of aliphatic hydroxyl groups excluding tert-OH is 1. The first kappa shape index (κ1) is 26.1. The van der Waals surface area contributed by atoms with E-state index in [0.717, 1.165) is 50.2 Å². The van der Waals surface area contributed by atoms with Gasteiger partial charge in [-0.05, 0) is 67.3 Å². The zero-order valence-corrected chi connectivity index (χ0v) is 19.5. The lowest BCUT2D eigenvalue weighted by molar-refractivity contribution is 0.131. The molecule has 0 rings (SSSR count). The van der Waals surface area contributed by atoms with E-state index in [0.29, 0.717) is 5.92 Å². The molecule has 0 aromatic heterocycles. The van der Waals surface area contributed by atoms with E-state index in [-0.39, 0.29) is 4.75 Å². The Bertz CT molecular complexity index is 469. The molecule has 0 aromatic rings. The van der Waals surface area contributed by atoms with E-state index in [1.165, 1.54) is 0 Å². The van der Waals surface area contributed by atoms with Gasteiger partial charge in [-0.3, -0.25) is 4.31 Å². The normalized spacial score (nSPS) is 15.2. The monoisotopic (exact) mass is 397 g/mol. The molecule has 3 N–H and O–H groups in total. The predicted octanol–water partition coefficient (Wildman–Crippen LogP) is 5.05. The summed E-state index contributed by atoms with van der Waals surface area (Å²) in [5, 5.41) is 16.9. The molecule has 0 saturated heterocycles. The highest BCUT2D eigenvalue weighted by Crippen LogP contribution is 2.26. The molecule has 0 saturated carbocycles. The highest BCUT2D eigenvalue weighted by molar-refractivity contribution is 7.98. The second-order valence-electron chi connectivity index (χ2n) is 8.11. The molecule has 0 spiro atoms. The van der Waals surface area contributed by atoms with E-state index in [1.54, 1.807) is 0 Å². The number of allylic oxidation sites excluding steroid dienone is 4. The summed E-state index contributed by atoms with van der Waals surface area (Å²) in [6.07, 6.45) is 9.37. The van der Waals surface area contributed by atoms with Crippen LogP contribution >= 0.6 is 11.9 Å². The van der Waals surface area contributed by atoms with Crippen LogP contribution in [0.15, 0.2) is 36.2 Å². The van der Waals surface area contributed by atoms with Crippen molar-refractivity contribution in [3.63, 3.8) is 0 Å². The number of hydrogen-bond donors (Lipinski definition) is 3. The van der Waals surface area contributed by atoms with E-state index in [4.69, 9.17) is 0 Å². The summed E-state index contributed by atoms with van der Waals surface area (Å²) in [5.74, 6) is 0.296. The predicted molar refractivity (Wildman–Crippen MR) is 122 cm³/mol. The molecule has 0 heterocycles. The van der Waals surface area contributed by atoms with Crippen molar-refractivity contribution >= 4 is 11.9 Å². The molecule has 0 aliphatic carbocycles. The van der Waals surface area contributed by atoms with Gasteiger partial charge in [0, 0.05) is 35.1 Å². The van der Waals surface area contributed by atoms with Crippen molar-refractivity contribution in [2.24, 2.45) is 5.92 Å². The van der Waals surface area contributed by atoms with Crippen molar-refractivity contribution in [2.45, 2.75) is 78.2 Å². The second kappa shape index (κ2) is 14.1. The molecular formula is C22H43N3OS. The first-order valence-corrected chi connectivity index (χ1v) is 10.9. The van der Waals surface area contributed by atoms with Crippen LogP contribution < -0.4 is 10.6 Å². The topological polar surface area (TPSA) is 47.5 Å². The van der Waals surface area contributed by atoms with Crippen LogP contribution in [-0.2, 0) is 0 Å². The van der Waals surface area contributed by atoms with Crippen LogP contribution in [0.5, 0.6) is 0 Å². The van der Waals surface area contributed by atoms with E-state index in [9.17, 15) is 5.11 Å². The summed E-state index contributed by atoms with van der Waals surface area (Å²) in [7, 11) is 2.14. The molecule has 0 radical (unpaired) electrons. The Labute approximate surface area is 172 Å². The Morgan fingerprint density at radius 2 is 1.93 bits per heavy atom. The SMILES string of the molecule is C=C(C[C@H](C)/C(=C\C)NC(O)CCCCN(C)SC(C)(C)C)NC/C=C\C. The third-order valence-electron chi connectivity index (χ3n) is 4.06. The van der Waals surface area contributed by atoms with Crippen molar-refractivity contribution < 1.29 is 5.11 Å². The lowest BCUT2D eigenvalue weighted by atomic mass is 10.0. The summed E-state index contributed by atoms with van der Waals surface area (Å²) in [5.41, 5.74) is 2.10. The van der Waals surface area contributed by atoms with Gasteiger partial charge in [0.15, 0.2) is 0 Å². The Hall–Kier alpha value is -0.910. The smallest absolute Gasteiger partial charge is 0.124 e. The molecule has 0 fully saturated rings. The van der Waals surface area contributed by atoms with Gasteiger partial charge in [0.2, 0.25) is 0 Å². The van der Waals surface area contributed by atoms with Gasteiger partial charge in [-0.15, -0.1) is 0 Å². The average Bonchev–Trinajstić information content (AvgIpc) is 2.55. The maximum atomic E-state index is 10.3. The van der Waals surface area contributed by atoms with Crippen molar-refractivity contribution in [3.05, 3.63) is 36.2 Å². The highest BCUT2D eigenvalue weighted by Gasteiger charge is 2.15. The molecule has 0 aliphatic heterocycles. The summed E-state index contributed by atoms with van der Waals surface area (Å²) >= 11 is 1.87. The Morgan fingerprint density at radius 3 is 2.48 bits per heavy atom. The number of aliphatic hydroxyl groups is 1. The first-order valence-electron chi connectivity index (χ1n) is 10.1. The molecular weight excluding hydrogens is 354 g/mol. The first-order chi connectivity index (χ1) is 12.6. The maximum absolute atomic E-state index is 10.3. The van der Waals surface area contributed by atoms with Crippen LogP contribution in [0.1, 0.15) is 67.2 Å². The minimum Gasteiger partial charge on any atom is -0.385 e. The van der Waals surface area contributed by atoms with Gasteiger partial charge in [-0.1, -0.05) is 43.7 Å². The van der Waals surface area contributed by atoms with Crippen molar-refractivity contribution in [3.8, 4) is 0 Å². The fourth-order valence-electron chi connectivity index (χ4n) is 2.83. The molecule has 1 unspecified atom stereocenters. The van der Waals surface area contributed by atoms with Crippen LogP contribution in [0.4, 0.5) is 0 Å². The van der Waals surface area contributed by atoms with Crippen LogP contribution in [0.2, 0.25) is 0 Å². The number of rotatable bonds is 14. The highest BCUT2D eigenvalue weighted by atomic mass is 32.2.